The molecule has 3 heteroatoms. The van der Waals surface area contributed by atoms with E-state index in [9.17, 15) is 0 Å². The van der Waals surface area contributed by atoms with Crippen LogP contribution in [0.25, 0.3) is 11.3 Å². The van der Waals surface area contributed by atoms with Crippen LogP contribution in [0.2, 0.25) is 0 Å². The molecule has 0 aliphatic carbocycles. The summed E-state index contributed by atoms with van der Waals surface area (Å²) >= 11 is 0. The van der Waals surface area contributed by atoms with Crippen molar-refractivity contribution >= 4 is 0 Å². The number of likely N-dealkylation sites (N-methyl/N-ethyl adjacent to an activating group) is 1. The summed E-state index contributed by atoms with van der Waals surface area (Å²) in [7, 11) is 2.20. The summed E-state index contributed by atoms with van der Waals surface area (Å²) in [5.74, 6) is 0. The van der Waals surface area contributed by atoms with Crippen molar-refractivity contribution in [2.24, 2.45) is 0 Å². The van der Waals surface area contributed by atoms with E-state index in [1.807, 2.05) is 6.20 Å². The number of nitrogens with zero attached hydrogens (tertiary/aromatic N) is 2. The van der Waals surface area contributed by atoms with E-state index in [0.717, 1.165) is 25.2 Å². The van der Waals surface area contributed by atoms with Crippen LogP contribution in [0.15, 0.2) is 24.4 Å². The van der Waals surface area contributed by atoms with Crippen molar-refractivity contribution < 1.29 is 0 Å². The molecule has 106 valence electrons. The number of fused-ring (bicyclic) bond motifs is 1. The molecule has 0 spiro atoms. The summed E-state index contributed by atoms with van der Waals surface area (Å²) in [6.07, 6.45) is 2.95. The summed E-state index contributed by atoms with van der Waals surface area (Å²) in [6.45, 7) is 9.00. The lowest BCUT2D eigenvalue weighted by atomic mass is 9.81. The minimum absolute atomic E-state index is 0.166. The van der Waals surface area contributed by atoms with Crippen molar-refractivity contribution in [3.63, 3.8) is 0 Å². The zero-order valence-corrected chi connectivity index (χ0v) is 12.8. The Kier molecular flexibility index (Phi) is 3.17. The predicted molar refractivity (Wildman–Crippen MR) is 82.8 cm³/mol. The molecule has 1 aromatic heterocycles. The lowest BCUT2D eigenvalue weighted by molar-refractivity contribution is 0.313. The topological polar surface area (TPSA) is 31.9 Å². The molecule has 0 amide bonds. The number of benzene rings is 1. The van der Waals surface area contributed by atoms with Gasteiger partial charge in [-0.05, 0) is 47.7 Å². The standard InChI is InChI=1S/C17H23N3/c1-17(2,3)13-9-12-11-20(4)8-6-14(12)15(10-13)16-5-7-18-19-16/h5,7,9-10H,6,8,11H2,1-4H3,(H,18,19). The highest BCUT2D eigenvalue weighted by Gasteiger charge is 2.22. The minimum Gasteiger partial charge on any atom is -0.302 e. The van der Waals surface area contributed by atoms with Crippen LogP contribution >= 0.6 is 0 Å². The highest BCUT2D eigenvalue weighted by Crippen LogP contribution is 2.34. The Hall–Kier alpha value is -1.61. The molecule has 3 rings (SSSR count). The summed E-state index contributed by atoms with van der Waals surface area (Å²) in [4.78, 5) is 2.39. The first-order chi connectivity index (χ1) is 9.45. The lowest BCUT2D eigenvalue weighted by Crippen LogP contribution is -2.27. The second-order valence-electron chi connectivity index (χ2n) is 6.87. The maximum Gasteiger partial charge on any atom is 0.0653 e. The van der Waals surface area contributed by atoms with Gasteiger partial charge in [0, 0.05) is 24.8 Å². The number of hydrogen-bond donors (Lipinski definition) is 1. The monoisotopic (exact) mass is 269 g/mol. The van der Waals surface area contributed by atoms with Gasteiger partial charge in [0.25, 0.3) is 0 Å². The Morgan fingerprint density at radius 3 is 2.70 bits per heavy atom. The molecule has 0 bridgehead atoms. The molecule has 2 aromatic rings. The van der Waals surface area contributed by atoms with Gasteiger partial charge in [0.15, 0.2) is 0 Å². The van der Waals surface area contributed by atoms with Gasteiger partial charge in [-0.2, -0.15) is 5.10 Å². The quantitative estimate of drug-likeness (QED) is 0.861. The van der Waals surface area contributed by atoms with Gasteiger partial charge in [-0.1, -0.05) is 26.8 Å². The Morgan fingerprint density at radius 1 is 1.25 bits per heavy atom. The van der Waals surface area contributed by atoms with E-state index in [1.165, 1.54) is 22.3 Å². The first kappa shape index (κ1) is 13.4. The van der Waals surface area contributed by atoms with Gasteiger partial charge in [-0.3, -0.25) is 5.10 Å². The van der Waals surface area contributed by atoms with E-state index in [-0.39, 0.29) is 5.41 Å². The van der Waals surface area contributed by atoms with Gasteiger partial charge in [-0.15, -0.1) is 0 Å². The Balaban J connectivity index is 2.19. The Morgan fingerprint density at radius 2 is 2.05 bits per heavy atom. The largest absolute Gasteiger partial charge is 0.302 e. The predicted octanol–water partition coefficient (Wildman–Crippen LogP) is 3.36. The van der Waals surface area contributed by atoms with Gasteiger partial charge in [0.1, 0.15) is 0 Å². The zero-order valence-electron chi connectivity index (χ0n) is 12.8. The fourth-order valence-electron chi connectivity index (χ4n) is 2.92. The van der Waals surface area contributed by atoms with E-state index < -0.39 is 0 Å². The molecule has 0 saturated heterocycles. The van der Waals surface area contributed by atoms with E-state index in [2.05, 4.69) is 61.1 Å². The second kappa shape index (κ2) is 4.74. The van der Waals surface area contributed by atoms with Crippen LogP contribution in [0.5, 0.6) is 0 Å². The molecule has 0 saturated carbocycles. The molecule has 1 aromatic carbocycles. The van der Waals surface area contributed by atoms with Gasteiger partial charge < -0.3 is 4.90 Å². The van der Waals surface area contributed by atoms with Crippen LogP contribution in [0, 0.1) is 0 Å². The highest BCUT2D eigenvalue weighted by atomic mass is 15.1. The first-order valence-corrected chi connectivity index (χ1v) is 7.30. The molecule has 1 aliphatic heterocycles. The fraction of sp³-hybridized carbons (Fsp3) is 0.471. The van der Waals surface area contributed by atoms with Gasteiger partial charge in [0.2, 0.25) is 0 Å². The third-order valence-corrected chi connectivity index (χ3v) is 4.18. The molecule has 2 heterocycles. The average Bonchev–Trinajstić information content (AvgIpc) is 2.89. The molecule has 0 atom stereocenters. The second-order valence-corrected chi connectivity index (χ2v) is 6.87. The lowest BCUT2D eigenvalue weighted by Gasteiger charge is -2.30. The van der Waals surface area contributed by atoms with Crippen molar-refractivity contribution in [3.05, 3.63) is 41.1 Å². The van der Waals surface area contributed by atoms with E-state index >= 15 is 0 Å². The van der Waals surface area contributed by atoms with Crippen LogP contribution in [0.1, 0.15) is 37.5 Å². The molecule has 0 unspecified atom stereocenters. The van der Waals surface area contributed by atoms with Crippen LogP contribution < -0.4 is 0 Å². The van der Waals surface area contributed by atoms with Crippen molar-refractivity contribution in [1.29, 1.82) is 0 Å². The maximum atomic E-state index is 4.12. The average molecular weight is 269 g/mol. The minimum atomic E-state index is 0.166. The zero-order chi connectivity index (χ0) is 14.3. The summed E-state index contributed by atoms with van der Waals surface area (Å²) in [5.41, 5.74) is 6.99. The third kappa shape index (κ3) is 2.38. The molecule has 3 nitrogen and oxygen atoms in total. The number of hydrogen-bond acceptors (Lipinski definition) is 2. The number of aromatic amines is 1. The highest BCUT2D eigenvalue weighted by molar-refractivity contribution is 5.67. The van der Waals surface area contributed by atoms with Crippen molar-refractivity contribution in [2.45, 2.75) is 39.2 Å². The SMILES string of the molecule is CN1CCc2c(cc(C(C)(C)C)cc2-c2ccn[nH]2)C1. The molecule has 0 fully saturated rings. The molecule has 20 heavy (non-hydrogen) atoms. The van der Waals surface area contributed by atoms with Crippen LogP contribution in [-0.2, 0) is 18.4 Å². The van der Waals surface area contributed by atoms with Crippen LogP contribution in [0.3, 0.4) is 0 Å². The van der Waals surface area contributed by atoms with Crippen molar-refractivity contribution in [3.8, 4) is 11.3 Å². The molecular weight excluding hydrogens is 246 g/mol. The molecule has 0 radical (unpaired) electrons. The fourth-order valence-corrected chi connectivity index (χ4v) is 2.92. The number of nitrogens with one attached hydrogen (secondary N) is 1. The molecule has 1 N–H and O–H groups in total. The van der Waals surface area contributed by atoms with E-state index in [0.29, 0.717) is 0 Å². The van der Waals surface area contributed by atoms with Crippen LogP contribution in [0.4, 0.5) is 0 Å². The third-order valence-electron chi connectivity index (χ3n) is 4.18. The number of H-pyrrole nitrogens is 1. The van der Waals surface area contributed by atoms with Gasteiger partial charge >= 0.3 is 0 Å². The van der Waals surface area contributed by atoms with Crippen LogP contribution in [-0.4, -0.2) is 28.7 Å². The van der Waals surface area contributed by atoms with Crippen molar-refractivity contribution in [2.75, 3.05) is 13.6 Å². The summed E-state index contributed by atoms with van der Waals surface area (Å²) in [6, 6.07) is 6.81. The first-order valence-electron chi connectivity index (χ1n) is 7.30. The summed E-state index contributed by atoms with van der Waals surface area (Å²) < 4.78 is 0. The Bertz CT molecular complexity index is 606. The Labute approximate surface area is 121 Å². The summed E-state index contributed by atoms with van der Waals surface area (Å²) in [5, 5.41) is 7.25. The van der Waals surface area contributed by atoms with Crippen molar-refractivity contribution in [1.82, 2.24) is 15.1 Å². The van der Waals surface area contributed by atoms with Gasteiger partial charge in [0.05, 0.1) is 5.69 Å². The molecular formula is C17H23N3. The number of aromatic nitrogens is 2. The van der Waals surface area contributed by atoms with Gasteiger partial charge in [-0.25, -0.2) is 0 Å². The maximum absolute atomic E-state index is 4.12. The normalized spacial score (nSPS) is 16.2. The van der Waals surface area contributed by atoms with E-state index in [1.54, 1.807) is 0 Å². The molecule has 1 aliphatic rings. The number of rotatable bonds is 1. The smallest absolute Gasteiger partial charge is 0.0653 e. The van der Waals surface area contributed by atoms with E-state index in [4.69, 9.17) is 0 Å².